The van der Waals surface area contributed by atoms with Crippen molar-refractivity contribution in [3.63, 3.8) is 0 Å². The molecule has 0 fully saturated rings. The maximum atomic E-state index is 12.5. The highest BCUT2D eigenvalue weighted by atomic mass is 16.2. The molecule has 5 heteroatoms. The quantitative estimate of drug-likeness (QED) is 0.802. The summed E-state index contributed by atoms with van der Waals surface area (Å²) in [4.78, 5) is 16.7. The smallest absolute Gasteiger partial charge is 0.274 e. The molecule has 0 radical (unpaired) electrons. The molecule has 21 heavy (non-hydrogen) atoms. The van der Waals surface area contributed by atoms with E-state index in [4.69, 9.17) is 0 Å². The highest BCUT2D eigenvalue weighted by Crippen LogP contribution is 2.24. The fourth-order valence-corrected chi connectivity index (χ4v) is 2.31. The van der Waals surface area contributed by atoms with Crippen molar-refractivity contribution in [3.05, 3.63) is 60.0 Å². The van der Waals surface area contributed by atoms with Gasteiger partial charge in [-0.2, -0.15) is 5.10 Å². The SMILES string of the molecule is CC(C)c1ccccc1NC(=O)c1ccnc2ccnn12. The Morgan fingerprint density at radius 1 is 1.14 bits per heavy atom. The minimum absolute atomic E-state index is 0.195. The predicted molar refractivity (Wildman–Crippen MR) is 81.5 cm³/mol. The summed E-state index contributed by atoms with van der Waals surface area (Å²) in [5.41, 5.74) is 3.05. The molecule has 0 aliphatic heterocycles. The molecule has 2 aromatic heterocycles. The molecule has 3 rings (SSSR count). The molecule has 0 aliphatic rings. The van der Waals surface area contributed by atoms with Crippen LogP contribution in [0.5, 0.6) is 0 Å². The highest BCUT2D eigenvalue weighted by Gasteiger charge is 2.14. The van der Waals surface area contributed by atoms with Crippen LogP contribution in [0.3, 0.4) is 0 Å². The van der Waals surface area contributed by atoms with E-state index < -0.39 is 0 Å². The molecule has 0 aliphatic carbocycles. The van der Waals surface area contributed by atoms with Gasteiger partial charge in [-0.25, -0.2) is 9.50 Å². The van der Waals surface area contributed by atoms with E-state index in [1.807, 2.05) is 24.3 Å². The summed E-state index contributed by atoms with van der Waals surface area (Å²) in [6.07, 6.45) is 3.24. The lowest BCUT2D eigenvalue weighted by Gasteiger charge is -2.13. The minimum atomic E-state index is -0.195. The first-order chi connectivity index (χ1) is 10.2. The fraction of sp³-hybridized carbons (Fsp3) is 0.188. The van der Waals surface area contributed by atoms with Crippen LogP contribution in [-0.4, -0.2) is 20.5 Å². The molecule has 5 nitrogen and oxygen atoms in total. The van der Waals surface area contributed by atoms with Crippen molar-refractivity contribution < 1.29 is 4.79 Å². The predicted octanol–water partition coefficient (Wildman–Crippen LogP) is 3.11. The van der Waals surface area contributed by atoms with Gasteiger partial charge >= 0.3 is 0 Å². The van der Waals surface area contributed by atoms with Crippen LogP contribution in [0.25, 0.3) is 5.65 Å². The molecule has 2 heterocycles. The standard InChI is InChI=1S/C16H16N4O/c1-11(2)12-5-3-4-6-13(12)19-16(21)14-7-9-17-15-8-10-18-20(14)15/h3-11H,1-2H3,(H,19,21). The van der Waals surface area contributed by atoms with E-state index in [-0.39, 0.29) is 5.91 Å². The molecule has 0 saturated carbocycles. The Morgan fingerprint density at radius 2 is 1.95 bits per heavy atom. The van der Waals surface area contributed by atoms with Crippen LogP contribution in [0.4, 0.5) is 5.69 Å². The second kappa shape index (κ2) is 5.36. The summed E-state index contributed by atoms with van der Waals surface area (Å²) in [5, 5.41) is 7.09. The Kier molecular flexibility index (Phi) is 3.39. The summed E-state index contributed by atoms with van der Waals surface area (Å²) >= 11 is 0. The van der Waals surface area contributed by atoms with Gasteiger partial charge in [0, 0.05) is 18.0 Å². The van der Waals surface area contributed by atoms with Gasteiger partial charge in [0.05, 0.1) is 6.20 Å². The molecule has 0 bridgehead atoms. The molecular formula is C16H16N4O. The molecule has 0 saturated heterocycles. The van der Waals surface area contributed by atoms with Crippen LogP contribution in [0, 0.1) is 0 Å². The zero-order valence-corrected chi connectivity index (χ0v) is 11.9. The lowest BCUT2D eigenvalue weighted by atomic mass is 10.0. The lowest BCUT2D eigenvalue weighted by molar-refractivity contribution is 0.101. The van der Waals surface area contributed by atoms with E-state index in [0.717, 1.165) is 11.3 Å². The van der Waals surface area contributed by atoms with Gasteiger partial charge < -0.3 is 5.32 Å². The number of amides is 1. The van der Waals surface area contributed by atoms with Crippen molar-refractivity contribution in [3.8, 4) is 0 Å². The minimum Gasteiger partial charge on any atom is -0.320 e. The summed E-state index contributed by atoms with van der Waals surface area (Å²) in [5.74, 6) is 0.142. The summed E-state index contributed by atoms with van der Waals surface area (Å²) in [6.45, 7) is 4.20. The zero-order valence-electron chi connectivity index (χ0n) is 11.9. The second-order valence-corrected chi connectivity index (χ2v) is 5.13. The van der Waals surface area contributed by atoms with Gasteiger partial charge in [0.15, 0.2) is 5.65 Å². The third kappa shape index (κ3) is 2.50. The number of carbonyl (C=O) groups excluding carboxylic acids is 1. The number of fused-ring (bicyclic) bond motifs is 1. The van der Waals surface area contributed by atoms with Crippen LogP contribution in [0.1, 0.15) is 35.8 Å². The molecular weight excluding hydrogens is 264 g/mol. The summed E-state index contributed by atoms with van der Waals surface area (Å²) in [7, 11) is 0. The number of nitrogens with one attached hydrogen (secondary N) is 1. The van der Waals surface area contributed by atoms with Crippen molar-refractivity contribution >= 4 is 17.2 Å². The number of nitrogens with zero attached hydrogens (tertiary/aromatic N) is 3. The topological polar surface area (TPSA) is 59.3 Å². The number of para-hydroxylation sites is 1. The molecule has 0 atom stereocenters. The van der Waals surface area contributed by atoms with Crippen LogP contribution in [0.15, 0.2) is 48.8 Å². The van der Waals surface area contributed by atoms with Crippen molar-refractivity contribution in [2.75, 3.05) is 5.32 Å². The van der Waals surface area contributed by atoms with E-state index in [1.54, 1.807) is 24.5 Å². The average molecular weight is 280 g/mol. The average Bonchev–Trinajstić information content (AvgIpc) is 2.95. The number of aromatic nitrogens is 3. The van der Waals surface area contributed by atoms with Crippen LogP contribution >= 0.6 is 0 Å². The molecule has 1 amide bonds. The Morgan fingerprint density at radius 3 is 2.76 bits per heavy atom. The van der Waals surface area contributed by atoms with Gasteiger partial charge in [-0.3, -0.25) is 4.79 Å². The van der Waals surface area contributed by atoms with E-state index in [0.29, 0.717) is 17.3 Å². The largest absolute Gasteiger partial charge is 0.320 e. The van der Waals surface area contributed by atoms with E-state index >= 15 is 0 Å². The number of hydrogen-bond acceptors (Lipinski definition) is 3. The first-order valence-electron chi connectivity index (χ1n) is 6.86. The Bertz CT molecular complexity index is 792. The van der Waals surface area contributed by atoms with Gasteiger partial charge in [-0.05, 0) is 23.6 Å². The van der Waals surface area contributed by atoms with Crippen molar-refractivity contribution in [2.24, 2.45) is 0 Å². The fourth-order valence-electron chi connectivity index (χ4n) is 2.31. The molecule has 3 aromatic rings. The second-order valence-electron chi connectivity index (χ2n) is 5.13. The molecule has 106 valence electrons. The van der Waals surface area contributed by atoms with Crippen LogP contribution in [0.2, 0.25) is 0 Å². The van der Waals surface area contributed by atoms with Gasteiger partial charge in [-0.1, -0.05) is 32.0 Å². The van der Waals surface area contributed by atoms with Crippen molar-refractivity contribution in [1.82, 2.24) is 14.6 Å². The normalized spacial score (nSPS) is 11.0. The van der Waals surface area contributed by atoms with E-state index in [9.17, 15) is 4.79 Å². The number of hydrogen-bond donors (Lipinski definition) is 1. The lowest BCUT2D eigenvalue weighted by Crippen LogP contribution is -2.17. The Balaban J connectivity index is 1.96. The number of carbonyl (C=O) groups is 1. The van der Waals surface area contributed by atoms with Gasteiger partial charge in [0.1, 0.15) is 5.69 Å². The number of rotatable bonds is 3. The molecule has 0 unspecified atom stereocenters. The van der Waals surface area contributed by atoms with Crippen molar-refractivity contribution in [1.29, 1.82) is 0 Å². The zero-order chi connectivity index (χ0) is 14.8. The Hall–Kier alpha value is -2.69. The monoisotopic (exact) mass is 280 g/mol. The summed E-state index contributed by atoms with van der Waals surface area (Å²) < 4.78 is 1.54. The van der Waals surface area contributed by atoms with Gasteiger partial charge in [-0.15, -0.1) is 0 Å². The highest BCUT2D eigenvalue weighted by molar-refractivity contribution is 6.03. The first-order valence-corrected chi connectivity index (χ1v) is 6.86. The molecule has 1 N–H and O–H groups in total. The molecule has 1 aromatic carbocycles. The maximum Gasteiger partial charge on any atom is 0.274 e. The summed E-state index contributed by atoms with van der Waals surface area (Å²) in [6, 6.07) is 11.2. The van der Waals surface area contributed by atoms with E-state index in [2.05, 4.69) is 29.2 Å². The number of anilines is 1. The first kappa shape index (κ1) is 13.3. The molecule has 0 spiro atoms. The van der Waals surface area contributed by atoms with Crippen LogP contribution in [-0.2, 0) is 0 Å². The third-order valence-corrected chi connectivity index (χ3v) is 3.35. The van der Waals surface area contributed by atoms with Crippen molar-refractivity contribution in [2.45, 2.75) is 19.8 Å². The number of benzene rings is 1. The van der Waals surface area contributed by atoms with E-state index in [1.165, 1.54) is 4.52 Å². The van der Waals surface area contributed by atoms with Gasteiger partial charge in [0.25, 0.3) is 5.91 Å². The third-order valence-electron chi connectivity index (χ3n) is 3.35. The van der Waals surface area contributed by atoms with Crippen LogP contribution < -0.4 is 5.32 Å². The maximum absolute atomic E-state index is 12.5. The van der Waals surface area contributed by atoms with Gasteiger partial charge in [0.2, 0.25) is 0 Å². The Labute approximate surface area is 122 Å².